The van der Waals surface area contributed by atoms with Crippen LogP contribution in [-0.4, -0.2) is 16.3 Å². The van der Waals surface area contributed by atoms with Gasteiger partial charge in [-0.25, -0.2) is 4.68 Å². The lowest BCUT2D eigenvalue weighted by Crippen LogP contribution is -2.13. The van der Waals surface area contributed by atoms with Crippen LogP contribution < -0.4 is 5.32 Å². The minimum atomic E-state index is -4.45. The molecule has 0 atom stereocenters. The highest BCUT2D eigenvalue weighted by Gasteiger charge is 2.35. The van der Waals surface area contributed by atoms with Gasteiger partial charge in [-0.2, -0.15) is 18.3 Å². The van der Waals surface area contributed by atoms with Crippen LogP contribution in [0, 0.1) is 0 Å². The fourth-order valence-corrected chi connectivity index (χ4v) is 3.48. The van der Waals surface area contributed by atoms with Gasteiger partial charge in [0.25, 0.3) is 0 Å². The van der Waals surface area contributed by atoms with Gasteiger partial charge >= 0.3 is 6.18 Å². The maximum absolute atomic E-state index is 13.4. The lowest BCUT2D eigenvalue weighted by atomic mass is 10.1. The first kappa shape index (κ1) is 17.0. The zero-order valence-electron chi connectivity index (χ0n) is 13.6. The lowest BCUT2D eigenvalue weighted by Gasteiger charge is -2.14. The minimum absolute atomic E-state index is 0.0241. The van der Waals surface area contributed by atoms with E-state index in [4.69, 9.17) is 11.6 Å². The Labute approximate surface area is 153 Å². The molecule has 0 saturated heterocycles. The lowest BCUT2D eigenvalue weighted by molar-refractivity contribution is -0.137. The van der Waals surface area contributed by atoms with Crippen molar-refractivity contribution in [1.29, 1.82) is 0 Å². The number of rotatable bonds is 3. The van der Waals surface area contributed by atoms with Gasteiger partial charge in [0.05, 0.1) is 16.9 Å². The molecule has 0 aliphatic carbocycles. The fraction of sp³-hybridized carbons (Fsp3) is 0.211. The summed E-state index contributed by atoms with van der Waals surface area (Å²) < 4.78 is 41.6. The molecule has 4 rings (SSSR count). The van der Waals surface area contributed by atoms with Crippen LogP contribution in [0.25, 0.3) is 5.69 Å². The third-order valence-electron chi connectivity index (χ3n) is 4.49. The fourth-order valence-electron chi connectivity index (χ4n) is 3.28. The first-order valence-electron chi connectivity index (χ1n) is 8.20. The molecular weight excluding hydrogens is 363 g/mol. The van der Waals surface area contributed by atoms with Crippen LogP contribution in [0.2, 0.25) is 5.02 Å². The van der Waals surface area contributed by atoms with E-state index in [1.165, 1.54) is 16.8 Å². The minimum Gasteiger partial charge on any atom is -0.369 e. The molecule has 1 aliphatic rings. The Kier molecular flexibility index (Phi) is 4.15. The van der Waals surface area contributed by atoms with E-state index < -0.39 is 11.7 Å². The van der Waals surface area contributed by atoms with Crippen molar-refractivity contribution in [2.75, 3.05) is 11.9 Å². The van der Waals surface area contributed by atoms with Crippen molar-refractivity contribution in [1.82, 2.24) is 9.78 Å². The van der Waals surface area contributed by atoms with Gasteiger partial charge in [0.15, 0.2) is 0 Å². The number of nitrogens with one attached hydrogen (secondary N) is 1. The van der Waals surface area contributed by atoms with Crippen LogP contribution in [-0.2, 0) is 19.0 Å². The van der Waals surface area contributed by atoms with Gasteiger partial charge in [0, 0.05) is 23.6 Å². The van der Waals surface area contributed by atoms with Gasteiger partial charge in [0.1, 0.15) is 5.82 Å². The molecular formula is C19H15ClF3N3. The number of hydrogen-bond donors (Lipinski definition) is 1. The highest BCUT2D eigenvalue weighted by molar-refractivity contribution is 6.31. The Balaban J connectivity index is 1.82. The van der Waals surface area contributed by atoms with E-state index in [1.807, 2.05) is 18.2 Å². The third-order valence-corrected chi connectivity index (χ3v) is 4.86. The van der Waals surface area contributed by atoms with E-state index in [2.05, 4.69) is 10.4 Å². The van der Waals surface area contributed by atoms with E-state index in [-0.39, 0.29) is 5.69 Å². The molecule has 0 spiro atoms. The average molecular weight is 378 g/mol. The summed E-state index contributed by atoms with van der Waals surface area (Å²) in [5.74, 6) is 0.628. The van der Waals surface area contributed by atoms with Crippen LogP contribution in [0.15, 0.2) is 48.5 Å². The summed E-state index contributed by atoms with van der Waals surface area (Å²) in [6, 6.07) is 12.9. The number of para-hydroxylation sites is 1. The summed E-state index contributed by atoms with van der Waals surface area (Å²) >= 11 is 6.23. The predicted octanol–water partition coefficient (Wildman–Crippen LogP) is 5.10. The highest BCUT2D eigenvalue weighted by Crippen LogP contribution is 2.37. The monoisotopic (exact) mass is 377 g/mol. The molecule has 0 bridgehead atoms. The Morgan fingerprint density at radius 3 is 2.58 bits per heavy atom. The number of nitrogens with zero attached hydrogens (tertiary/aromatic N) is 2. The highest BCUT2D eigenvalue weighted by atomic mass is 35.5. The molecule has 1 aromatic heterocycles. The van der Waals surface area contributed by atoms with E-state index >= 15 is 0 Å². The zero-order valence-corrected chi connectivity index (χ0v) is 14.4. The maximum Gasteiger partial charge on any atom is 0.418 e. The summed E-state index contributed by atoms with van der Waals surface area (Å²) in [5, 5.41) is 8.30. The molecule has 1 aliphatic heterocycles. The smallest absolute Gasteiger partial charge is 0.369 e. The van der Waals surface area contributed by atoms with E-state index in [0.29, 0.717) is 23.8 Å². The van der Waals surface area contributed by atoms with Crippen LogP contribution in [0.5, 0.6) is 0 Å². The van der Waals surface area contributed by atoms with Crippen LogP contribution >= 0.6 is 11.6 Å². The Bertz CT molecular complexity index is 963. The molecule has 0 unspecified atom stereocenters. The topological polar surface area (TPSA) is 29.9 Å². The summed E-state index contributed by atoms with van der Waals surface area (Å²) in [7, 11) is 0. The van der Waals surface area contributed by atoms with Crippen molar-refractivity contribution in [2.45, 2.75) is 19.0 Å². The van der Waals surface area contributed by atoms with E-state index in [9.17, 15) is 13.2 Å². The second-order valence-corrected chi connectivity index (χ2v) is 6.55. The summed E-state index contributed by atoms with van der Waals surface area (Å²) in [6.45, 7) is 0.677. The molecule has 2 aromatic carbocycles. The molecule has 2 heterocycles. The number of alkyl halides is 3. The molecule has 7 heteroatoms. The number of halogens is 4. The van der Waals surface area contributed by atoms with Crippen LogP contribution in [0.4, 0.5) is 19.0 Å². The summed E-state index contributed by atoms with van der Waals surface area (Å²) in [4.78, 5) is 0. The van der Waals surface area contributed by atoms with Gasteiger partial charge < -0.3 is 5.32 Å². The van der Waals surface area contributed by atoms with Gasteiger partial charge in [-0.1, -0.05) is 41.9 Å². The molecule has 1 N–H and O–H groups in total. The van der Waals surface area contributed by atoms with Crippen LogP contribution in [0.1, 0.15) is 22.4 Å². The predicted molar refractivity (Wildman–Crippen MR) is 95.0 cm³/mol. The first-order valence-corrected chi connectivity index (χ1v) is 8.57. The molecule has 26 heavy (non-hydrogen) atoms. The van der Waals surface area contributed by atoms with Gasteiger partial charge in [-0.15, -0.1) is 0 Å². The number of anilines is 1. The number of aromatic nitrogens is 2. The van der Waals surface area contributed by atoms with Gasteiger partial charge in [-0.05, 0) is 30.2 Å². The molecule has 0 amide bonds. The van der Waals surface area contributed by atoms with Crippen molar-refractivity contribution in [3.05, 3.63) is 75.9 Å². The SMILES string of the molecule is FC(F)(F)c1ccccc1-n1nc(Cc2ccccc2Cl)c2c1NCC2. The second kappa shape index (κ2) is 6.36. The number of fused-ring (bicyclic) bond motifs is 1. The number of benzene rings is 2. The second-order valence-electron chi connectivity index (χ2n) is 6.15. The molecule has 134 valence electrons. The molecule has 0 saturated carbocycles. The van der Waals surface area contributed by atoms with Crippen molar-refractivity contribution in [2.24, 2.45) is 0 Å². The number of hydrogen-bond acceptors (Lipinski definition) is 2. The van der Waals surface area contributed by atoms with Crippen molar-refractivity contribution in [3.63, 3.8) is 0 Å². The zero-order chi connectivity index (χ0) is 18.3. The Morgan fingerprint density at radius 2 is 1.81 bits per heavy atom. The van der Waals surface area contributed by atoms with E-state index in [1.54, 1.807) is 12.1 Å². The van der Waals surface area contributed by atoms with Crippen LogP contribution in [0.3, 0.4) is 0 Å². The molecule has 0 radical (unpaired) electrons. The summed E-state index contributed by atoms with van der Waals surface area (Å²) in [5.41, 5.74) is 1.91. The first-order chi connectivity index (χ1) is 12.4. The van der Waals surface area contributed by atoms with Crippen molar-refractivity contribution < 1.29 is 13.2 Å². The molecule has 3 nitrogen and oxygen atoms in total. The van der Waals surface area contributed by atoms with Gasteiger partial charge in [0.2, 0.25) is 0 Å². The maximum atomic E-state index is 13.4. The van der Waals surface area contributed by atoms with Crippen molar-refractivity contribution in [3.8, 4) is 5.69 Å². The molecule has 3 aromatic rings. The van der Waals surface area contributed by atoms with Gasteiger partial charge in [-0.3, -0.25) is 0 Å². The normalized spacial score (nSPS) is 13.5. The summed E-state index contributed by atoms with van der Waals surface area (Å²) in [6.07, 6.45) is -3.24. The van der Waals surface area contributed by atoms with Crippen molar-refractivity contribution >= 4 is 17.4 Å². The standard InChI is InChI=1S/C19H15ClF3N3/c20-15-7-3-1-5-12(15)11-16-13-9-10-24-18(13)26(25-16)17-8-4-2-6-14(17)19(21,22)23/h1-8,24H,9-11H2. The average Bonchev–Trinajstić information content (AvgIpc) is 3.20. The van der Waals surface area contributed by atoms with E-state index in [0.717, 1.165) is 29.3 Å². The third kappa shape index (κ3) is 2.94. The Hall–Kier alpha value is -2.47. The molecule has 0 fully saturated rings. The quantitative estimate of drug-likeness (QED) is 0.688. The largest absolute Gasteiger partial charge is 0.418 e. The Morgan fingerprint density at radius 1 is 1.08 bits per heavy atom.